The zero-order chi connectivity index (χ0) is 19.8. The quantitative estimate of drug-likeness (QED) is 0.551. The second kappa shape index (κ2) is 10.8. The van der Waals surface area contributed by atoms with E-state index in [1.165, 1.54) is 35.3 Å². The molecule has 0 bridgehead atoms. The highest BCUT2D eigenvalue weighted by atomic mass is 32.1. The highest BCUT2D eigenvalue weighted by Crippen LogP contribution is 2.32. The fourth-order valence-corrected chi connectivity index (χ4v) is 5.21. The van der Waals surface area contributed by atoms with Crippen LogP contribution in [0.1, 0.15) is 65.9 Å². The highest BCUT2D eigenvalue weighted by Gasteiger charge is 2.22. The molecule has 1 aromatic heterocycles. The van der Waals surface area contributed by atoms with Gasteiger partial charge in [-0.2, -0.15) is 0 Å². The Balaban J connectivity index is 1.46. The van der Waals surface area contributed by atoms with Gasteiger partial charge in [0.2, 0.25) is 0 Å². The third-order valence-corrected chi connectivity index (χ3v) is 6.71. The summed E-state index contributed by atoms with van der Waals surface area (Å²) in [5.41, 5.74) is 3.61. The van der Waals surface area contributed by atoms with Gasteiger partial charge in [-0.3, -0.25) is 9.69 Å². The van der Waals surface area contributed by atoms with Crippen LogP contribution in [0, 0.1) is 5.92 Å². The van der Waals surface area contributed by atoms with Crippen LogP contribution >= 0.6 is 11.3 Å². The highest BCUT2D eigenvalue weighted by molar-refractivity contribution is 7.10. The Bertz CT molecular complexity index is 740. The Hall–Kier alpha value is -1.65. The van der Waals surface area contributed by atoms with Crippen LogP contribution < -0.4 is 5.32 Å². The molecule has 3 rings (SSSR count). The van der Waals surface area contributed by atoms with Crippen LogP contribution in [0.3, 0.4) is 0 Å². The van der Waals surface area contributed by atoms with Gasteiger partial charge in [-0.25, -0.2) is 0 Å². The summed E-state index contributed by atoms with van der Waals surface area (Å²) in [6.45, 7) is 8.43. The summed E-state index contributed by atoms with van der Waals surface area (Å²) in [6, 6.07) is 10.7. The van der Waals surface area contributed by atoms with Gasteiger partial charge >= 0.3 is 0 Å². The van der Waals surface area contributed by atoms with Gasteiger partial charge in [-0.15, -0.1) is 11.3 Å². The number of nitrogens with one attached hydrogen (secondary N) is 1. The van der Waals surface area contributed by atoms with Crippen molar-refractivity contribution in [3.05, 3.63) is 57.3 Å². The monoisotopic (exact) mass is 398 g/mol. The van der Waals surface area contributed by atoms with Crippen molar-refractivity contribution >= 4 is 17.2 Å². The first-order valence-electron chi connectivity index (χ1n) is 10.8. The van der Waals surface area contributed by atoms with Crippen LogP contribution in [0.25, 0.3) is 0 Å². The van der Waals surface area contributed by atoms with E-state index < -0.39 is 0 Å². The van der Waals surface area contributed by atoms with Crippen LogP contribution in [0.15, 0.2) is 35.7 Å². The van der Waals surface area contributed by atoms with Crippen molar-refractivity contribution in [2.45, 2.75) is 58.9 Å². The molecule has 0 unspecified atom stereocenters. The average molecular weight is 399 g/mol. The lowest BCUT2D eigenvalue weighted by Gasteiger charge is -2.22. The summed E-state index contributed by atoms with van der Waals surface area (Å²) in [6.07, 6.45) is 6.83. The minimum atomic E-state index is 0.121. The Kier molecular flexibility index (Phi) is 8.11. The number of carbonyl (C=O) groups excluding carboxylic acids is 1. The van der Waals surface area contributed by atoms with E-state index in [4.69, 9.17) is 0 Å². The average Bonchev–Trinajstić information content (AvgIpc) is 3.12. The molecule has 1 heterocycles. The Morgan fingerprint density at radius 3 is 2.79 bits per heavy atom. The van der Waals surface area contributed by atoms with Crippen LogP contribution in [0.4, 0.5) is 0 Å². The van der Waals surface area contributed by atoms with Crippen molar-refractivity contribution in [3.63, 3.8) is 0 Å². The van der Waals surface area contributed by atoms with Gasteiger partial charge in [0.25, 0.3) is 5.91 Å². The molecule has 152 valence electrons. The lowest BCUT2D eigenvalue weighted by Crippen LogP contribution is -2.31. The lowest BCUT2D eigenvalue weighted by atomic mass is 9.88. The fraction of sp³-hybridized carbons (Fsp3) is 0.542. The molecule has 1 aromatic carbocycles. The maximum absolute atomic E-state index is 12.6. The molecule has 0 radical (unpaired) electrons. The number of fused-ring (bicyclic) bond motifs is 1. The van der Waals surface area contributed by atoms with Gasteiger partial charge in [-0.05, 0) is 55.7 Å². The van der Waals surface area contributed by atoms with E-state index in [-0.39, 0.29) is 5.91 Å². The third-order valence-electron chi connectivity index (χ3n) is 5.66. The molecule has 1 aliphatic carbocycles. The standard InChI is InChI=1S/C24H34N2OS/c1-3-4-14-26(17-20-9-6-5-7-10-20)15-8-13-25-24(27)22-18-28-23-16-19(2)11-12-21(22)23/h5-7,9-10,18-19H,3-4,8,11-17H2,1-2H3,(H,25,27)/t19-/m1/s1. The number of amides is 1. The number of nitrogens with zero attached hydrogens (tertiary/aromatic N) is 1. The zero-order valence-electron chi connectivity index (χ0n) is 17.4. The summed E-state index contributed by atoms with van der Waals surface area (Å²) in [5, 5.41) is 5.23. The molecule has 0 saturated heterocycles. The summed E-state index contributed by atoms with van der Waals surface area (Å²) >= 11 is 1.77. The van der Waals surface area contributed by atoms with Crippen molar-refractivity contribution in [3.8, 4) is 0 Å². The number of hydrogen-bond acceptors (Lipinski definition) is 3. The van der Waals surface area contributed by atoms with Crippen molar-refractivity contribution in [1.29, 1.82) is 0 Å². The Morgan fingerprint density at radius 2 is 2.00 bits per heavy atom. The SMILES string of the molecule is CCCCN(CCCNC(=O)c1csc2c1CC[C@@H](C)C2)Cc1ccccc1. The first-order valence-corrected chi connectivity index (χ1v) is 11.7. The predicted octanol–water partition coefficient (Wildman–Crippen LogP) is 5.30. The number of unbranched alkanes of at least 4 members (excludes halogenated alkanes) is 1. The maximum atomic E-state index is 12.6. The molecule has 0 aliphatic heterocycles. The van der Waals surface area contributed by atoms with E-state index in [1.54, 1.807) is 11.3 Å². The van der Waals surface area contributed by atoms with Crippen molar-refractivity contribution in [2.75, 3.05) is 19.6 Å². The number of rotatable bonds is 10. The van der Waals surface area contributed by atoms with Crippen LogP contribution in [-0.4, -0.2) is 30.4 Å². The molecule has 4 heteroatoms. The van der Waals surface area contributed by atoms with E-state index in [0.717, 1.165) is 56.9 Å². The third kappa shape index (κ3) is 5.92. The van der Waals surface area contributed by atoms with E-state index in [2.05, 4.69) is 59.8 Å². The van der Waals surface area contributed by atoms with Crippen molar-refractivity contribution < 1.29 is 4.79 Å². The van der Waals surface area contributed by atoms with Crippen LogP contribution in [-0.2, 0) is 19.4 Å². The molecule has 2 aromatic rings. The van der Waals surface area contributed by atoms with Gasteiger partial charge < -0.3 is 5.32 Å². The van der Waals surface area contributed by atoms with E-state index >= 15 is 0 Å². The minimum absolute atomic E-state index is 0.121. The Morgan fingerprint density at radius 1 is 1.21 bits per heavy atom. The second-order valence-electron chi connectivity index (χ2n) is 8.12. The van der Waals surface area contributed by atoms with Crippen molar-refractivity contribution in [1.82, 2.24) is 10.2 Å². The van der Waals surface area contributed by atoms with Gasteiger partial charge in [0.1, 0.15) is 0 Å². The molecule has 1 N–H and O–H groups in total. The molecular formula is C24H34N2OS. The molecule has 3 nitrogen and oxygen atoms in total. The molecule has 0 saturated carbocycles. The number of benzene rings is 1. The Labute approximate surface area is 174 Å². The summed E-state index contributed by atoms with van der Waals surface area (Å²) in [7, 11) is 0. The molecule has 1 amide bonds. The molecule has 0 spiro atoms. The predicted molar refractivity (Wildman–Crippen MR) is 119 cm³/mol. The van der Waals surface area contributed by atoms with E-state index in [1.807, 2.05) is 0 Å². The maximum Gasteiger partial charge on any atom is 0.252 e. The number of hydrogen-bond donors (Lipinski definition) is 1. The first kappa shape index (κ1) is 21.1. The fourth-order valence-electron chi connectivity index (χ4n) is 3.96. The van der Waals surface area contributed by atoms with Gasteiger partial charge in [0.05, 0.1) is 5.56 Å². The van der Waals surface area contributed by atoms with Crippen molar-refractivity contribution in [2.24, 2.45) is 5.92 Å². The van der Waals surface area contributed by atoms with Gasteiger partial charge in [0, 0.05) is 29.9 Å². The smallest absolute Gasteiger partial charge is 0.252 e. The van der Waals surface area contributed by atoms with E-state index in [9.17, 15) is 4.79 Å². The lowest BCUT2D eigenvalue weighted by molar-refractivity contribution is 0.0950. The minimum Gasteiger partial charge on any atom is -0.352 e. The normalized spacial score (nSPS) is 16.2. The second-order valence-corrected chi connectivity index (χ2v) is 9.09. The first-order chi connectivity index (χ1) is 13.7. The number of carbonyl (C=O) groups is 1. The summed E-state index contributed by atoms with van der Waals surface area (Å²) < 4.78 is 0. The largest absolute Gasteiger partial charge is 0.352 e. The van der Waals surface area contributed by atoms with E-state index in [0.29, 0.717) is 0 Å². The topological polar surface area (TPSA) is 32.3 Å². The van der Waals surface area contributed by atoms with Gasteiger partial charge in [-0.1, -0.05) is 50.6 Å². The molecule has 28 heavy (non-hydrogen) atoms. The summed E-state index contributed by atoms with van der Waals surface area (Å²) in [5.74, 6) is 0.871. The molecule has 1 aliphatic rings. The van der Waals surface area contributed by atoms with Crippen LogP contribution in [0.2, 0.25) is 0 Å². The molecule has 1 atom stereocenters. The van der Waals surface area contributed by atoms with Crippen LogP contribution in [0.5, 0.6) is 0 Å². The summed E-state index contributed by atoms with van der Waals surface area (Å²) in [4.78, 5) is 16.6. The zero-order valence-corrected chi connectivity index (χ0v) is 18.2. The van der Waals surface area contributed by atoms with Gasteiger partial charge in [0.15, 0.2) is 0 Å². The molecule has 0 fully saturated rings. The molecular weight excluding hydrogens is 364 g/mol. The number of thiophene rings is 1.